The fourth-order valence-electron chi connectivity index (χ4n) is 3.95. The van der Waals surface area contributed by atoms with Crippen LogP contribution in [0.5, 0.6) is 11.5 Å². The molecule has 0 aliphatic rings. The van der Waals surface area contributed by atoms with E-state index in [-0.39, 0.29) is 6.10 Å². The number of rotatable bonds is 13. The molecule has 1 unspecified atom stereocenters. The minimum atomic E-state index is 0.228. The first kappa shape index (κ1) is 25.2. The maximum atomic E-state index is 6.19. The molecule has 3 aromatic rings. The van der Waals surface area contributed by atoms with Crippen molar-refractivity contribution in [2.24, 2.45) is 0 Å². The summed E-state index contributed by atoms with van der Waals surface area (Å²) in [6.07, 6.45) is 9.22. The second-order valence-corrected chi connectivity index (χ2v) is 9.40. The molecule has 176 valence electrons. The first-order chi connectivity index (χ1) is 16.1. The van der Waals surface area contributed by atoms with E-state index in [0.717, 1.165) is 39.5 Å². The molecule has 3 rings (SSSR count). The van der Waals surface area contributed by atoms with Gasteiger partial charge >= 0.3 is 0 Å². The Balaban J connectivity index is 1.68. The summed E-state index contributed by atoms with van der Waals surface area (Å²) in [6, 6.07) is 24.9. The van der Waals surface area contributed by atoms with Gasteiger partial charge in [-0.25, -0.2) is 0 Å². The topological polar surface area (TPSA) is 21.7 Å². The van der Waals surface area contributed by atoms with Gasteiger partial charge in [-0.15, -0.1) is 0 Å². The third kappa shape index (κ3) is 7.82. The highest BCUT2D eigenvalue weighted by Crippen LogP contribution is 2.36. The van der Waals surface area contributed by atoms with Crippen molar-refractivity contribution >= 4 is 33.0 Å². The van der Waals surface area contributed by atoms with E-state index in [1.165, 1.54) is 38.5 Å². The lowest BCUT2D eigenvalue weighted by Crippen LogP contribution is -2.12. The van der Waals surface area contributed by atoms with E-state index in [2.05, 4.69) is 95.3 Å². The molecule has 0 radical (unpaired) electrons. The molecule has 0 aliphatic carbocycles. The Morgan fingerprint density at radius 2 is 1.18 bits per heavy atom. The summed E-state index contributed by atoms with van der Waals surface area (Å²) in [4.78, 5) is 2.23. The van der Waals surface area contributed by atoms with Crippen molar-refractivity contribution < 1.29 is 9.47 Å². The number of ether oxygens (including phenoxy) is 2. The molecule has 0 spiro atoms. The third-order valence-electron chi connectivity index (χ3n) is 5.81. The summed E-state index contributed by atoms with van der Waals surface area (Å²) in [5.41, 5.74) is 3.25. The van der Waals surface area contributed by atoms with Gasteiger partial charge in [0, 0.05) is 21.5 Å². The summed E-state index contributed by atoms with van der Waals surface area (Å²) in [6.45, 7) is 4.43. The Labute approximate surface area is 207 Å². The minimum absolute atomic E-state index is 0.228. The maximum absolute atomic E-state index is 6.19. The molecule has 3 aromatic carbocycles. The van der Waals surface area contributed by atoms with Crippen LogP contribution in [0.1, 0.15) is 58.8 Å². The summed E-state index contributed by atoms with van der Waals surface area (Å²) < 4.78 is 12.6. The van der Waals surface area contributed by atoms with Gasteiger partial charge in [-0.2, -0.15) is 0 Å². The number of benzene rings is 3. The van der Waals surface area contributed by atoms with Crippen molar-refractivity contribution in [2.45, 2.75) is 64.9 Å². The lowest BCUT2D eigenvalue weighted by Gasteiger charge is -2.26. The van der Waals surface area contributed by atoms with Gasteiger partial charge in [-0.1, -0.05) is 55.0 Å². The standard InChI is InChI=1S/C29H36BrNO2/c1-4-5-6-7-8-9-10-23(2)33-29-21-17-27(18-22-29)31(25-13-11-24(30)12-14-25)26-15-19-28(32-3)20-16-26/h11-23H,4-10H2,1-3H3. The molecule has 1 atom stereocenters. The first-order valence-corrected chi connectivity index (χ1v) is 12.9. The molecule has 3 nitrogen and oxygen atoms in total. The third-order valence-corrected chi connectivity index (χ3v) is 6.34. The van der Waals surface area contributed by atoms with Crippen molar-refractivity contribution in [1.82, 2.24) is 0 Å². The van der Waals surface area contributed by atoms with Gasteiger partial charge in [0.25, 0.3) is 0 Å². The Bertz CT molecular complexity index is 939. The smallest absolute Gasteiger partial charge is 0.119 e. The van der Waals surface area contributed by atoms with E-state index in [4.69, 9.17) is 9.47 Å². The normalized spacial score (nSPS) is 11.8. The van der Waals surface area contributed by atoms with Crippen LogP contribution >= 0.6 is 15.9 Å². The molecule has 0 aliphatic heterocycles. The predicted octanol–water partition coefficient (Wildman–Crippen LogP) is 9.45. The van der Waals surface area contributed by atoms with Gasteiger partial charge in [-0.05, 0) is 92.6 Å². The minimum Gasteiger partial charge on any atom is -0.497 e. The van der Waals surface area contributed by atoms with E-state index in [9.17, 15) is 0 Å². The van der Waals surface area contributed by atoms with Crippen LogP contribution in [0.4, 0.5) is 17.1 Å². The molecule has 0 N–H and O–H groups in total. The largest absolute Gasteiger partial charge is 0.497 e. The summed E-state index contributed by atoms with van der Waals surface area (Å²) >= 11 is 3.54. The molecule has 0 saturated heterocycles. The van der Waals surface area contributed by atoms with Gasteiger partial charge in [0.05, 0.1) is 13.2 Å². The average Bonchev–Trinajstić information content (AvgIpc) is 2.84. The van der Waals surface area contributed by atoms with Crippen LogP contribution in [0.15, 0.2) is 77.3 Å². The second kappa shape index (κ2) is 13.3. The molecule has 0 bridgehead atoms. The Hall–Kier alpha value is -2.46. The monoisotopic (exact) mass is 509 g/mol. The highest BCUT2D eigenvalue weighted by Gasteiger charge is 2.13. The van der Waals surface area contributed by atoms with Gasteiger partial charge in [0.2, 0.25) is 0 Å². The van der Waals surface area contributed by atoms with Crippen molar-refractivity contribution in [3.8, 4) is 11.5 Å². The van der Waals surface area contributed by atoms with Crippen LogP contribution in [0.25, 0.3) is 0 Å². The Morgan fingerprint density at radius 3 is 1.73 bits per heavy atom. The van der Waals surface area contributed by atoms with Crippen LogP contribution in [-0.2, 0) is 0 Å². The number of unbranched alkanes of at least 4 members (excludes halogenated alkanes) is 5. The van der Waals surface area contributed by atoms with Crippen LogP contribution in [0, 0.1) is 0 Å². The van der Waals surface area contributed by atoms with E-state index in [0.29, 0.717) is 0 Å². The number of anilines is 3. The highest BCUT2D eigenvalue weighted by molar-refractivity contribution is 9.10. The van der Waals surface area contributed by atoms with Crippen LogP contribution in [-0.4, -0.2) is 13.2 Å². The fourth-order valence-corrected chi connectivity index (χ4v) is 4.21. The van der Waals surface area contributed by atoms with Crippen molar-refractivity contribution in [3.63, 3.8) is 0 Å². The molecule has 0 amide bonds. The zero-order valence-corrected chi connectivity index (χ0v) is 21.7. The van der Waals surface area contributed by atoms with Gasteiger partial charge in [0.1, 0.15) is 11.5 Å². The molecular weight excluding hydrogens is 474 g/mol. The number of hydrogen-bond donors (Lipinski definition) is 0. The molecule has 0 saturated carbocycles. The maximum Gasteiger partial charge on any atom is 0.119 e. The van der Waals surface area contributed by atoms with E-state index >= 15 is 0 Å². The van der Waals surface area contributed by atoms with E-state index in [1.54, 1.807) is 7.11 Å². The van der Waals surface area contributed by atoms with E-state index in [1.807, 2.05) is 12.1 Å². The summed E-state index contributed by atoms with van der Waals surface area (Å²) in [7, 11) is 1.69. The SMILES string of the molecule is CCCCCCCCC(C)Oc1ccc(N(c2ccc(Br)cc2)c2ccc(OC)cc2)cc1. The number of nitrogens with zero attached hydrogens (tertiary/aromatic N) is 1. The molecule has 0 aromatic heterocycles. The lowest BCUT2D eigenvalue weighted by atomic mass is 10.1. The molecule has 0 fully saturated rings. The lowest BCUT2D eigenvalue weighted by molar-refractivity contribution is 0.206. The predicted molar refractivity (Wildman–Crippen MR) is 143 cm³/mol. The number of halogens is 1. The summed E-state index contributed by atoms with van der Waals surface area (Å²) in [5, 5.41) is 0. The quantitative estimate of drug-likeness (QED) is 0.214. The zero-order chi connectivity index (χ0) is 23.5. The Kier molecular flexibility index (Phi) is 10.1. The van der Waals surface area contributed by atoms with Crippen LogP contribution in [0.2, 0.25) is 0 Å². The van der Waals surface area contributed by atoms with Gasteiger partial charge in [-0.3, -0.25) is 0 Å². The van der Waals surface area contributed by atoms with Crippen molar-refractivity contribution in [3.05, 3.63) is 77.3 Å². The van der Waals surface area contributed by atoms with Gasteiger partial charge in [0.15, 0.2) is 0 Å². The second-order valence-electron chi connectivity index (χ2n) is 8.49. The molecule has 4 heteroatoms. The molecular formula is C29H36BrNO2. The van der Waals surface area contributed by atoms with E-state index < -0.39 is 0 Å². The number of hydrogen-bond acceptors (Lipinski definition) is 3. The fraction of sp³-hybridized carbons (Fsp3) is 0.379. The summed E-state index contributed by atoms with van der Waals surface area (Å²) in [5.74, 6) is 1.76. The first-order valence-electron chi connectivity index (χ1n) is 12.1. The zero-order valence-electron chi connectivity index (χ0n) is 20.1. The van der Waals surface area contributed by atoms with Gasteiger partial charge < -0.3 is 14.4 Å². The highest BCUT2D eigenvalue weighted by atomic mass is 79.9. The van der Waals surface area contributed by atoms with Crippen molar-refractivity contribution in [1.29, 1.82) is 0 Å². The Morgan fingerprint density at radius 1 is 0.697 bits per heavy atom. The van der Waals surface area contributed by atoms with Crippen molar-refractivity contribution in [2.75, 3.05) is 12.0 Å². The average molecular weight is 511 g/mol. The number of methoxy groups -OCH3 is 1. The molecule has 0 heterocycles. The van der Waals surface area contributed by atoms with Crippen LogP contribution in [0.3, 0.4) is 0 Å². The molecule has 33 heavy (non-hydrogen) atoms. The van der Waals surface area contributed by atoms with Crippen LogP contribution < -0.4 is 14.4 Å².